The first-order valence-electron chi connectivity index (χ1n) is 6.96. The van der Waals surface area contributed by atoms with E-state index in [4.69, 9.17) is 21.1 Å². The monoisotopic (exact) mass is 302 g/mol. The summed E-state index contributed by atoms with van der Waals surface area (Å²) in [6.07, 6.45) is 4.73. The molecule has 0 radical (unpaired) electrons. The number of rotatable bonds is 2. The van der Waals surface area contributed by atoms with Gasteiger partial charge in [-0.2, -0.15) is 0 Å². The molecule has 0 amide bonds. The number of aromatic nitrogens is 2. The molecule has 1 unspecified atom stereocenters. The van der Waals surface area contributed by atoms with Crippen LogP contribution in [-0.2, 0) is 9.47 Å². The Bertz CT molecular complexity index is 687. The molecule has 1 saturated heterocycles. The van der Waals surface area contributed by atoms with Gasteiger partial charge in [-0.05, 0) is 43.4 Å². The fraction of sp³-hybridized carbons (Fsp3) is 0.375. The van der Waals surface area contributed by atoms with Gasteiger partial charge in [0, 0.05) is 11.6 Å². The largest absolute Gasteiger partial charge is 0.353 e. The van der Waals surface area contributed by atoms with Crippen molar-refractivity contribution < 1.29 is 9.47 Å². The third-order valence-corrected chi connectivity index (χ3v) is 3.44. The maximum absolute atomic E-state index is 5.91. The number of halogens is 1. The third kappa shape index (κ3) is 3.92. The molecular weight excluding hydrogens is 288 g/mol. The van der Waals surface area contributed by atoms with Gasteiger partial charge in [-0.25, -0.2) is 4.98 Å². The average Bonchev–Trinajstić information content (AvgIpc) is 2.52. The van der Waals surface area contributed by atoms with Crippen LogP contribution < -0.4 is 0 Å². The maximum Gasteiger partial charge on any atom is 0.158 e. The van der Waals surface area contributed by atoms with Gasteiger partial charge in [0.1, 0.15) is 12.3 Å². The van der Waals surface area contributed by atoms with E-state index in [1.807, 2.05) is 6.07 Å². The number of ether oxygens (including phenoxy) is 2. The van der Waals surface area contributed by atoms with E-state index in [9.17, 15) is 0 Å². The molecule has 21 heavy (non-hydrogen) atoms. The topological polar surface area (TPSA) is 44.2 Å². The Labute approximate surface area is 128 Å². The van der Waals surface area contributed by atoms with Crippen molar-refractivity contribution in [1.82, 2.24) is 9.97 Å². The second-order valence-corrected chi connectivity index (χ2v) is 5.23. The van der Waals surface area contributed by atoms with Crippen LogP contribution >= 0.6 is 11.6 Å². The lowest BCUT2D eigenvalue weighted by Gasteiger charge is -2.21. The summed E-state index contributed by atoms with van der Waals surface area (Å²) in [5.74, 6) is 5.90. The zero-order chi connectivity index (χ0) is 14.5. The molecule has 1 aromatic carbocycles. The van der Waals surface area contributed by atoms with Crippen molar-refractivity contribution >= 4 is 22.6 Å². The van der Waals surface area contributed by atoms with Crippen molar-refractivity contribution in [2.24, 2.45) is 0 Å². The predicted molar refractivity (Wildman–Crippen MR) is 81.0 cm³/mol. The first-order valence-corrected chi connectivity index (χ1v) is 7.33. The van der Waals surface area contributed by atoms with E-state index in [-0.39, 0.29) is 6.29 Å². The molecule has 0 bridgehead atoms. The molecule has 1 aliphatic rings. The summed E-state index contributed by atoms with van der Waals surface area (Å²) in [5.41, 5.74) is 2.17. The summed E-state index contributed by atoms with van der Waals surface area (Å²) >= 11 is 5.91. The minimum Gasteiger partial charge on any atom is -0.353 e. The first-order chi connectivity index (χ1) is 10.3. The summed E-state index contributed by atoms with van der Waals surface area (Å²) < 4.78 is 11.0. The van der Waals surface area contributed by atoms with Crippen molar-refractivity contribution in [2.75, 3.05) is 13.2 Å². The second-order valence-electron chi connectivity index (χ2n) is 4.80. The van der Waals surface area contributed by atoms with Gasteiger partial charge in [-0.15, -0.1) is 0 Å². The lowest BCUT2D eigenvalue weighted by Crippen LogP contribution is -2.22. The van der Waals surface area contributed by atoms with Crippen molar-refractivity contribution in [3.8, 4) is 11.8 Å². The summed E-state index contributed by atoms with van der Waals surface area (Å²) in [6, 6.07) is 5.41. The van der Waals surface area contributed by atoms with Gasteiger partial charge in [-0.1, -0.05) is 17.5 Å². The van der Waals surface area contributed by atoms with Gasteiger partial charge in [-0.3, -0.25) is 4.98 Å². The smallest absolute Gasteiger partial charge is 0.158 e. The molecule has 0 spiro atoms. The molecule has 1 fully saturated rings. The Balaban J connectivity index is 1.62. The second kappa shape index (κ2) is 6.86. The summed E-state index contributed by atoms with van der Waals surface area (Å²) in [6.45, 7) is 1.11. The van der Waals surface area contributed by atoms with Crippen molar-refractivity contribution in [3.05, 3.63) is 35.1 Å². The molecule has 0 aliphatic carbocycles. The third-order valence-electron chi connectivity index (χ3n) is 3.20. The van der Waals surface area contributed by atoms with Gasteiger partial charge in [0.2, 0.25) is 0 Å². The Morgan fingerprint density at radius 1 is 1.33 bits per heavy atom. The number of hydrogen-bond acceptors (Lipinski definition) is 4. The molecule has 2 heterocycles. The highest BCUT2D eigenvalue weighted by molar-refractivity contribution is 6.31. The maximum atomic E-state index is 5.91. The number of nitrogens with zero attached hydrogens (tertiary/aromatic N) is 2. The predicted octanol–water partition coefficient (Wildman–Crippen LogP) is 3.18. The minimum atomic E-state index is -0.113. The van der Waals surface area contributed by atoms with Crippen LogP contribution in [-0.4, -0.2) is 29.5 Å². The van der Waals surface area contributed by atoms with Crippen molar-refractivity contribution in [2.45, 2.75) is 25.6 Å². The minimum absolute atomic E-state index is 0.113. The standard InChI is InChI=1S/C16H15ClN2O2/c17-12-6-7-14-15(10-12)18-11-13(19-14)4-3-9-21-16-5-1-2-8-20-16/h6-7,10-11,16H,1-2,5,8-9H2. The fourth-order valence-corrected chi connectivity index (χ4v) is 2.31. The van der Waals surface area contributed by atoms with E-state index in [1.54, 1.807) is 18.3 Å². The van der Waals surface area contributed by atoms with E-state index in [0.717, 1.165) is 36.9 Å². The Morgan fingerprint density at radius 3 is 3.14 bits per heavy atom. The lowest BCUT2D eigenvalue weighted by molar-refractivity contribution is -0.154. The SMILES string of the molecule is Clc1ccc2nc(C#CCOC3CCCCO3)cnc2c1. The molecule has 108 valence electrons. The highest BCUT2D eigenvalue weighted by atomic mass is 35.5. The Kier molecular flexibility index (Phi) is 4.66. The van der Waals surface area contributed by atoms with Crippen LogP contribution in [0.3, 0.4) is 0 Å². The van der Waals surface area contributed by atoms with E-state index >= 15 is 0 Å². The highest BCUT2D eigenvalue weighted by Crippen LogP contribution is 2.15. The Hall–Kier alpha value is -1.67. The fourth-order valence-electron chi connectivity index (χ4n) is 2.15. The molecule has 0 N–H and O–H groups in total. The molecule has 3 rings (SSSR count). The van der Waals surface area contributed by atoms with E-state index < -0.39 is 0 Å². The number of benzene rings is 1. The molecule has 5 heteroatoms. The van der Waals surface area contributed by atoms with Crippen LogP contribution in [0.1, 0.15) is 25.0 Å². The highest BCUT2D eigenvalue weighted by Gasteiger charge is 2.12. The molecule has 4 nitrogen and oxygen atoms in total. The van der Waals surface area contributed by atoms with Gasteiger partial charge in [0.15, 0.2) is 6.29 Å². The van der Waals surface area contributed by atoms with Gasteiger partial charge < -0.3 is 9.47 Å². The molecule has 1 aromatic heterocycles. The first kappa shape index (κ1) is 14.3. The van der Waals surface area contributed by atoms with Crippen LogP contribution in [0, 0.1) is 11.8 Å². The summed E-state index contributed by atoms with van der Waals surface area (Å²) in [7, 11) is 0. The zero-order valence-electron chi connectivity index (χ0n) is 11.5. The van der Waals surface area contributed by atoms with E-state index in [2.05, 4.69) is 21.8 Å². The quantitative estimate of drug-likeness (QED) is 0.799. The Morgan fingerprint density at radius 2 is 2.29 bits per heavy atom. The normalized spacial score (nSPS) is 18.2. The lowest BCUT2D eigenvalue weighted by atomic mass is 10.2. The van der Waals surface area contributed by atoms with Gasteiger partial charge in [0.25, 0.3) is 0 Å². The summed E-state index contributed by atoms with van der Waals surface area (Å²) in [4.78, 5) is 8.71. The summed E-state index contributed by atoms with van der Waals surface area (Å²) in [5, 5.41) is 0.650. The zero-order valence-corrected chi connectivity index (χ0v) is 12.3. The van der Waals surface area contributed by atoms with Gasteiger partial charge in [0.05, 0.1) is 17.2 Å². The van der Waals surface area contributed by atoms with Crippen LogP contribution in [0.25, 0.3) is 11.0 Å². The van der Waals surface area contributed by atoms with E-state index in [0.29, 0.717) is 17.3 Å². The van der Waals surface area contributed by atoms with Crippen LogP contribution in [0.4, 0.5) is 0 Å². The number of fused-ring (bicyclic) bond motifs is 1. The molecule has 2 aromatic rings. The average molecular weight is 303 g/mol. The number of hydrogen-bond donors (Lipinski definition) is 0. The van der Waals surface area contributed by atoms with Gasteiger partial charge >= 0.3 is 0 Å². The molecule has 1 aliphatic heterocycles. The van der Waals surface area contributed by atoms with Crippen LogP contribution in [0.2, 0.25) is 5.02 Å². The molecular formula is C16H15ClN2O2. The van der Waals surface area contributed by atoms with Crippen molar-refractivity contribution in [1.29, 1.82) is 0 Å². The van der Waals surface area contributed by atoms with E-state index in [1.165, 1.54) is 0 Å². The molecule has 1 atom stereocenters. The van der Waals surface area contributed by atoms with Crippen LogP contribution in [0.15, 0.2) is 24.4 Å². The van der Waals surface area contributed by atoms with Crippen molar-refractivity contribution in [3.63, 3.8) is 0 Å². The molecule has 0 saturated carbocycles. The van der Waals surface area contributed by atoms with Crippen LogP contribution in [0.5, 0.6) is 0 Å².